The zero-order chi connectivity index (χ0) is 10.3. The lowest BCUT2D eigenvalue weighted by Gasteiger charge is -2.21. The SMILES string of the molecule is C=S1(=O)CCC(S(=O)C(C)(C)C)C1. The van der Waals surface area contributed by atoms with Gasteiger partial charge in [-0.25, -0.2) is 0 Å². The zero-order valence-electron chi connectivity index (χ0n) is 8.54. The lowest BCUT2D eigenvalue weighted by Crippen LogP contribution is -2.32. The second-order valence-corrected chi connectivity index (χ2v) is 9.82. The molecule has 1 heterocycles. The zero-order valence-corrected chi connectivity index (χ0v) is 10.2. The largest absolute Gasteiger partial charge is 0.268 e. The van der Waals surface area contributed by atoms with E-state index in [1.54, 1.807) is 0 Å². The molecule has 13 heavy (non-hydrogen) atoms. The Morgan fingerprint density at radius 1 is 1.46 bits per heavy atom. The minimum Gasteiger partial charge on any atom is -0.268 e. The van der Waals surface area contributed by atoms with Crippen molar-refractivity contribution in [3.05, 3.63) is 0 Å². The van der Waals surface area contributed by atoms with Crippen molar-refractivity contribution in [3.8, 4) is 0 Å². The maximum atomic E-state index is 11.9. The summed E-state index contributed by atoms with van der Waals surface area (Å²) in [5.41, 5.74) is 0. The van der Waals surface area contributed by atoms with Crippen LogP contribution in [-0.2, 0) is 20.3 Å². The molecule has 0 aliphatic carbocycles. The van der Waals surface area contributed by atoms with Crippen LogP contribution < -0.4 is 0 Å². The first-order valence-electron chi connectivity index (χ1n) is 4.46. The van der Waals surface area contributed by atoms with Crippen LogP contribution in [-0.4, -0.2) is 35.8 Å². The maximum absolute atomic E-state index is 11.9. The van der Waals surface area contributed by atoms with Gasteiger partial charge in [0, 0.05) is 32.3 Å². The van der Waals surface area contributed by atoms with E-state index < -0.39 is 20.3 Å². The molecule has 0 saturated carbocycles. The first kappa shape index (κ1) is 11.2. The van der Waals surface area contributed by atoms with E-state index in [1.807, 2.05) is 20.8 Å². The Hall–Kier alpha value is 0.170. The molecule has 3 unspecified atom stereocenters. The Bertz CT molecular complexity index is 309. The highest BCUT2D eigenvalue weighted by atomic mass is 32.2. The molecule has 1 saturated heterocycles. The molecule has 0 radical (unpaired) electrons. The summed E-state index contributed by atoms with van der Waals surface area (Å²) in [5.74, 6) is 4.88. The van der Waals surface area contributed by atoms with E-state index in [1.165, 1.54) is 0 Å². The van der Waals surface area contributed by atoms with Gasteiger partial charge in [-0.05, 0) is 42.6 Å². The third-order valence-electron chi connectivity index (χ3n) is 2.21. The molecule has 0 N–H and O–H groups in total. The molecule has 1 fully saturated rings. The average Bonchev–Trinajstić information content (AvgIpc) is 2.26. The summed E-state index contributed by atoms with van der Waals surface area (Å²) in [6.45, 7) is 5.89. The van der Waals surface area contributed by atoms with Crippen molar-refractivity contribution in [1.82, 2.24) is 0 Å². The van der Waals surface area contributed by atoms with Gasteiger partial charge in [0.1, 0.15) is 0 Å². The van der Waals surface area contributed by atoms with Gasteiger partial charge in [-0.15, -0.1) is 0 Å². The summed E-state index contributed by atoms with van der Waals surface area (Å²) in [5, 5.41) is 0.102. The molecule has 1 rings (SSSR count). The molecular weight excluding hydrogens is 204 g/mol. The van der Waals surface area contributed by atoms with Gasteiger partial charge in [-0.2, -0.15) is 0 Å². The lowest BCUT2D eigenvalue weighted by atomic mass is 10.3. The van der Waals surface area contributed by atoms with Crippen LogP contribution in [0.4, 0.5) is 0 Å². The molecule has 0 bridgehead atoms. The fraction of sp³-hybridized carbons (Fsp3) is 0.889. The van der Waals surface area contributed by atoms with Crippen molar-refractivity contribution in [2.45, 2.75) is 37.2 Å². The van der Waals surface area contributed by atoms with E-state index in [9.17, 15) is 8.42 Å². The van der Waals surface area contributed by atoms with E-state index >= 15 is 0 Å². The van der Waals surface area contributed by atoms with Crippen LogP contribution in [0.3, 0.4) is 0 Å². The van der Waals surface area contributed by atoms with Gasteiger partial charge in [0.25, 0.3) is 0 Å². The van der Waals surface area contributed by atoms with Crippen LogP contribution in [0.2, 0.25) is 0 Å². The molecule has 1 aliphatic heterocycles. The summed E-state index contributed by atoms with van der Waals surface area (Å²) < 4.78 is 23.3. The molecule has 0 aromatic carbocycles. The van der Waals surface area contributed by atoms with Crippen LogP contribution in [0.5, 0.6) is 0 Å². The summed E-state index contributed by atoms with van der Waals surface area (Å²) in [6.07, 6.45) is 0.812. The fourth-order valence-electron chi connectivity index (χ4n) is 1.52. The predicted molar refractivity (Wildman–Crippen MR) is 61.3 cm³/mol. The molecule has 2 nitrogen and oxygen atoms in total. The Kier molecular flexibility index (Phi) is 2.93. The van der Waals surface area contributed by atoms with E-state index in [-0.39, 0.29) is 10.00 Å². The van der Waals surface area contributed by atoms with E-state index in [4.69, 9.17) is 0 Å². The molecule has 1 aliphatic rings. The Labute approximate surface area is 83.6 Å². The Morgan fingerprint density at radius 3 is 2.31 bits per heavy atom. The van der Waals surface area contributed by atoms with Crippen LogP contribution in [0, 0.1) is 0 Å². The smallest absolute Gasteiger partial charge is 0.0471 e. The quantitative estimate of drug-likeness (QED) is 0.621. The number of hydrogen-bond donors (Lipinski definition) is 0. The van der Waals surface area contributed by atoms with Gasteiger partial charge >= 0.3 is 0 Å². The Morgan fingerprint density at radius 2 is 2.00 bits per heavy atom. The van der Waals surface area contributed by atoms with E-state index in [0.717, 1.165) is 6.42 Å². The van der Waals surface area contributed by atoms with Crippen LogP contribution in [0.1, 0.15) is 27.2 Å². The summed E-state index contributed by atoms with van der Waals surface area (Å²) in [4.78, 5) is 0. The predicted octanol–water partition coefficient (Wildman–Crippen LogP) is 1.02. The lowest BCUT2D eigenvalue weighted by molar-refractivity contribution is 0.637. The minimum atomic E-state index is -1.89. The number of hydrogen-bond acceptors (Lipinski definition) is 2. The summed E-state index contributed by atoms with van der Waals surface area (Å²) >= 11 is 0. The van der Waals surface area contributed by atoms with Crippen molar-refractivity contribution in [3.63, 3.8) is 0 Å². The molecule has 0 aromatic heterocycles. The average molecular weight is 222 g/mol. The van der Waals surface area contributed by atoms with Crippen molar-refractivity contribution < 1.29 is 8.42 Å². The first-order chi connectivity index (χ1) is 5.72. The van der Waals surface area contributed by atoms with Crippen molar-refractivity contribution in [2.24, 2.45) is 0 Å². The van der Waals surface area contributed by atoms with Gasteiger partial charge in [0.05, 0.1) is 0 Å². The van der Waals surface area contributed by atoms with Gasteiger partial charge < -0.3 is 0 Å². The molecule has 0 amide bonds. The Balaban J connectivity index is 2.73. The second kappa shape index (κ2) is 3.39. The summed E-state index contributed by atoms with van der Waals surface area (Å²) in [6, 6.07) is 0. The van der Waals surface area contributed by atoms with Crippen LogP contribution in [0.15, 0.2) is 0 Å². The molecule has 4 heteroatoms. The van der Waals surface area contributed by atoms with Gasteiger partial charge in [-0.1, -0.05) is 0 Å². The molecule has 0 aromatic rings. The maximum Gasteiger partial charge on any atom is 0.0471 e. The van der Waals surface area contributed by atoms with Gasteiger partial charge in [-0.3, -0.25) is 8.42 Å². The van der Waals surface area contributed by atoms with Crippen molar-refractivity contribution >= 4 is 26.2 Å². The van der Waals surface area contributed by atoms with E-state index in [0.29, 0.717) is 11.5 Å². The van der Waals surface area contributed by atoms with Gasteiger partial charge in [0.2, 0.25) is 0 Å². The fourth-order valence-corrected chi connectivity index (χ4v) is 5.97. The molecule has 78 valence electrons. The minimum absolute atomic E-state index is 0.102. The van der Waals surface area contributed by atoms with Crippen LogP contribution in [0.25, 0.3) is 0 Å². The van der Waals surface area contributed by atoms with Crippen molar-refractivity contribution in [1.29, 1.82) is 0 Å². The highest BCUT2D eigenvalue weighted by molar-refractivity contribution is 8.01. The monoisotopic (exact) mass is 222 g/mol. The third-order valence-corrected chi connectivity index (χ3v) is 6.62. The standard InChI is InChI=1S/C9H18O2S2/c1-9(2,3)12(10)8-5-6-13(4,11)7-8/h8H,4-7H2,1-3H3. The summed E-state index contributed by atoms with van der Waals surface area (Å²) in [7, 11) is -2.77. The molecular formula is C9H18O2S2. The van der Waals surface area contributed by atoms with Crippen molar-refractivity contribution in [2.75, 3.05) is 11.5 Å². The first-order valence-corrected chi connectivity index (χ1v) is 7.73. The second-order valence-electron chi connectivity index (χ2n) is 4.66. The highest BCUT2D eigenvalue weighted by Crippen LogP contribution is 2.24. The number of rotatable bonds is 1. The van der Waals surface area contributed by atoms with E-state index in [2.05, 4.69) is 5.87 Å². The molecule has 0 spiro atoms. The van der Waals surface area contributed by atoms with Crippen LogP contribution >= 0.6 is 0 Å². The highest BCUT2D eigenvalue weighted by Gasteiger charge is 2.33. The molecule has 3 atom stereocenters. The normalized spacial score (nSPS) is 37.6. The topological polar surface area (TPSA) is 34.1 Å². The van der Waals surface area contributed by atoms with Gasteiger partial charge in [0.15, 0.2) is 0 Å². The third kappa shape index (κ3) is 2.81.